The number of ether oxygens (including phenoxy) is 1. The van der Waals surface area contributed by atoms with Crippen molar-refractivity contribution in [2.75, 3.05) is 46.9 Å². The summed E-state index contributed by atoms with van der Waals surface area (Å²) in [5, 5.41) is 7.43. The standard InChI is InChI=1S/C16H27N5O2/c1-19(2)16(22)17-9-15-12-20(10-13-4-7-23-8-5-13)11-14-3-6-18-21(14)15/h3,6,13,15H,4-5,7-12H2,1-2H3,(H,17,22)/t15-/m0/s1. The first-order valence-corrected chi connectivity index (χ1v) is 8.41. The molecular weight excluding hydrogens is 294 g/mol. The number of rotatable bonds is 4. The predicted octanol–water partition coefficient (Wildman–Crippen LogP) is 0.938. The first kappa shape index (κ1) is 16.3. The molecule has 0 saturated carbocycles. The van der Waals surface area contributed by atoms with Crippen LogP contribution in [0.25, 0.3) is 0 Å². The molecule has 7 heteroatoms. The number of hydrogen-bond donors (Lipinski definition) is 1. The van der Waals surface area contributed by atoms with E-state index >= 15 is 0 Å². The molecule has 1 fully saturated rings. The van der Waals surface area contributed by atoms with Crippen LogP contribution in [0.4, 0.5) is 4.79 Å². The van der Waals surface area contributed by atoms with Crippen LogP contribution in [-0.4, -0.2) is 72.6 Å². The van der Waals surface area contributed by atoms with E-state index in [1.807, 2.05) is 6.20 Å². The van der Waals surface area contributed by atoms with Crippen LogP contribution >= 0.6 is 0 Å². The zero-order valence-electron chi connectivity index (χ0n) is 14.1. The molecule has 0 spiro atoms. The highest BCUT2D eigenvalue weighted by atomic mass is 16.5. The second-order valence-corrected chi connectivity index (χ2v) is 6.75. The van der Waals surface area contributed by atoms with Gasteiger partial charge in [0.1, 0.15) is 0 Å². The lowest BCUT2D eigenvalue weighted by Crippen LogP contribution is -2.46. The molecule has 23 heavy (non-hydrogen) atoms. The van der Waals surface area contributed by atoms with Crippen LogP contribution in [0.1, 0.15) is 24.6 Å². The van der Waals surface area contributed by atoms with Crippen molar-refractivity contribution in [3.05, 3.63) is 18.0 Å². The van der Waals surface area contributed by atoms with Gasteiger partial charge in [0.15, 0.2) is 0 Å². The summed E-state index contributed by atoms with van der Waals surface area (Å²) in [6, 6.07) is 2.22. The van der Waals surface area contributed by atoms with Gasteiger partial charge >= 0.3 is 6.03 Å². The summed E-state index contributed by atoms with van der Waals surface area (Å²) in [6.07, 6.45) is 4.16. The topological polar surface area (TPSA) is 62.6 Å². The van der Waals surface area contributed by atoms with Gasteiger partial charge in [-0.3, -0.25) is 9.58 Å². The SMILES string of the molecule is CN(C)C(=O)NC[C@H]1CN(CC2CCOCC2)Cc2ccnn21. The van der Waals surface area contributed by atoms with Crippen molar-refractivity contribution in [1.82, 2.24) is 24.9 Å². The van der Waals surface area contributed by atoms with Crippen LogP contribution in [0, 0.1) is 5.92 Å². The molecule has 1 saturated heterocycles. The molecule has 0 radical (unpaired) electrons. The molecule has 1 atom stereocenters. The van der Waals surface area contributed by atoms with E-state index in [4.69, 9.17) is 4.74 Å². The quantitative estimate of drug-likeness (QED) is 0.896. The minimum absolute atomic E-state index is 0.0553. The van der Waals surface area contributed by atoms with Gasteiger partial charge in [-0.25, -0.2) is 4.79 Å². The summed E-state index contributed by atoms with van der Waals surface area (Å²) in [4.78, 5) is 15.9. The van der Waals surface area contributed by atoms with E-state index in [1.54, 1.807) is 19.0 Å². The Morgan fingerprint density at radius 3 is 2.96 bits per heavy atom. The van der Waals surface area contributed by atoms with E-state index in [2.05, 4.69) is 26.1 Å². The summed E-state index contributed by atoms with van der Waals surface area (Å²) >= 11 is 0. The van der Waals surface area contributed by atoms with Crippen LogP contribution < -0.4 is 5.32 Å². The van der Waals surface area contributed by atoms with E-state index in [0.29, 0.717) is 6.54 Å². The molecule has 3 heterocycles. The lowest BCUT2D eigenvalue weighted by atomic mass is 9.99. The maximum absolute atomic E-state index is 11.8. The van der Waals surface area contributed by atoms with Gasteiger partial charge in [0.25, 0.3) is 0 Å². The molecule has 0 bridgehead atoms. The minimum Gasteiger partial charge on any atom is -0.381 e. The monoisotopic (exact) mass is 321 g/mol. The van der Waals surface area contributed by atoms with Crippen molar-refractivity contribution >= 4 is 6.03 Å². The fraction of sp³-hybridized carbons (Fsp3) is 0.750. The van der Waals surface area contributed by atoms with Gasteiger partial charge in [-0.05, 0) is 24.8 Å². The maximum Gasteiger partial charge on any atom is 0.316 e. The summed E-state index contributed by atoms with van der Waals surface area (Å²) in [7, 11) is 3.51. The van der Waals surface area contributed by atoms with Gasteiger partial charge in [-0.15, -0.1) is 0 Å². The Bertz CT molecular complexity index is 524. The van der Waals surface area contributed by atoms with Crippen LogP contribution in [0.5, 0.6) is 0 Å². The highest BCUT2D eigenvalue weighted by Crippen LogP contribution is 2.23. The number of carbonyl (C=O) groups is 1. The Hall–Kier alpha value is -1.60. The summed E-state index contributed by atoms with van der Waals surface area (Å²) in [6.45, 7) is 5.36. The summed E-state index contributed by atoms with van der Waals surface area (Å²) in [5.41, 5.74) is 1.23. The van der Waals surface area contributed by atoms with E-state index in [1.165, 1.54) is 5.69 Å². The van der Waals surface area contributed by atoms with Crippen molar-refractivity contribution in [1.29, 1.82) is 0 Å². The first-order valence-electron chi connectivity index (χ1n) is 8.41. The summed E-state index contributed by atoms with van der Waals surface area (Å²) in [5.74, 6) is 0.718. The average molecular weight is 321 g/mol. The number of urea groups is 1. The highest BCUT2D eigenvalue weighted by Gasteiger charge is 2.28. The lowest BCUT2D eigenvalue weighted by Gasteiger charge is -2.36. The molecule has 1 aromatic rings. The second-order valence-electron chi connectivity index (χ2n) is 6.75. The molecule has 1 aromatic heterocycles. The molecule has 0 aliphatic carbocycles. The first-order chi connectivity index (χ1) is 11.1. The Morgan fingerprint density at radius 2 is 2.22 bits per heavy atom. The molecule has 2 aliphatic rings. The van der Waals surface area contributed by atoms with Crippen molar-refractivity contribution in [2.24, 2.45) is 5.92 Å². The van der Waals surface area contributed by atoms with E-state index in [-0.39, 0.29) is 12.1 Å². The van der Waals surface area contributed by atoms with Crippen LogP contribution in [0.2, 0.25) is 0 Å². The van der Waals surface area contributed by atoms with Gasteiger partial charge < -0.3 is 15.0 Å². The van der Waals surface area contributed by atoms with E-state index in [0.717, 1.165) is 51.6 Å². The van der Waals surface area contributed by atoms with Crippen molar-refractivity contribution < 1.29 is 9.53 Å². The van der Waals surface area contributed by atoms with Gasteiger partial charge in [-0.2, -0.15) is 5.10 Å². The Morgan fingerprint density at radius 1 is 1.43 bits per heavy atom. The number of carbonyl (C=O) groups excluding carboxylic acids is 1. The molecule has 128 valence electrons. The smallest absolute Gasteiger partial charge is 0.316 e. The zero-order chi connectivity index (χ0) is 16.2. The minimum atomic E-state index is -0.0553. The predicted molar refractivity (Wildman–Crippen MR) is 87.2 cm³/mol. The molecule has 0 aromatic carbocycles. The fourth-order valence-corrected chi connectivity index (χ4v) is 3.41. The van der Waals surface area contributed by atoms with Crippen LogP contribution in [-0.2, 0) is 11.3 Å². The number of hydrogen-bond acceptors (Lipinski definition) is 4. The van der Waals surface area contributed by atoms with Crippen molar-refractivity contribution in [2.45, 2.75) is 25.4 Å². The maximum atomic E-state index is 11.8. The number of nitrogens with zero attached hydrogens (tertiary/aromatic N) is 4. The van der Waals surface area contributed by atoms with Crippen molar-refractivity contribution in [3.63, 3.8) is 0 Å². The lowest BCUT2D eigenvalue weighted by molar-refractivity contribution is 0.0448. The largest absolute Gasteiger partial charge is 0.381 e. The van der Waals surface area contributed by atoms with Crippen LogP contribution in [0.15, 0.2) is 12.3 Å². The van der Waals surface area contributed by atoms with E-state index < -0.39 is 0 Å². The number of nitrogens with one attached hydrogen (secondary N) is 1. The molecule has 3 rings (SSSR count). The highest BCUT2D eigenvalue weighted by molar-refractivity contribution is 5.73. The molecule has 7 nitrogen and oxygen atoms in total. The van der Waals surface area contributed by atoms with Gasteiger partial charge in [0.05, 0.1) is 11.7 Å². The van der Waals surface area contributed by atoms with Gasteiger partial charge in [-0.1, -0.05) is 0 Å². The van der Waals surface area contributed by atoms with Gasteiger partial charge in [0, 0.05) is 59.7 Å². The molecule has 2 amide bonds. The Balaban J connectivity index is 1.61. The fourth-order valence-electron chi connectivity index (χ4n) is 3.41. The van der Waals surface area contributed by atoms with Crippen molar-refractivity contribution in [3.8, 4) is 0 Å². The third-order valence-corrected chi connectivity index (χ3v) is 4.71. The number of aromatic nitrogens is 2. The molecule has 2 aliphatic heterocycles. The third-order valence-electron chi connectivity index (χ3n) is 4.71. The second kappa shape index (κ2) is 7.31. The third kappa shape index (κ3) is 4.03. The molecule has 0 unspecified atom stereocenters. The number of amides is 2. The van der Waals surface area contributed by atoms with E-state index in [9.17, 15) is 4.79 Å². The van der Waals surface area contributed by atoms with Crippen LogP contribution in [0.3, 0.4) is 0 Å². The summed E-state index contributed by atoms with van der Waals surface area (Å²) < 4.78 is 7.52. The Kier molecular flexibility index (Phi) is 5.17. The average Bonchev–Trinajstić information content (AvgIpc) is 3.01. The molecule has 1 N–H and O–H groups in total. The zero-order valence-corrected chi connectivity index (χ0v) is 14.1. The molecular formula is C16H27N5O2. The van der Waals surface area contributed by atoms with Gasteiger partial charge in [0.2, 0.25) is 0 Å². The Labute approximate surface area is 137 Å². The number of fused-ring (bicyclic) bond motifs is 1. The normalized spacial score (nSPS) is 22.6.